The monoisotopic (exact) mass is 252 g/mol. The Hall–Kier alpha value is -0.770. The second kappa shape index (κ2) is 4.41. The summed E-state index contributed by atoms with van der Waals surface area (Å²) < 4.78 is 5.90. The molecular weight excluding hydrogens is 228 g/mol. The van der Waals surface area contributed by atoms with Gasteiger partial charge in [0.2, 0.25) is 0 Å². The number of carbonyl (C=O) groups excluding carboxylic acids is 1. The lowest BCUT2D eigenvalue weighted by molar-refractivity contribution is -0.132. The van der Waals surface area contributed by atoms with Crippen LogP contribution in [0.2, 0.25) is 0 Å². The zero-order valence-electron chi connectivity index (χ0n) is 11.2. The Morgan fingerprint density at radius 3 is 2.17 bits per heavy atom. The topological polar surface area (TPSA) is 55.6 Å². The predicted molar refractivity (Wildman–Crippen MR) is 69.1 cm³/mol. The van der Waals surface area contributed by atoms with Crippen LogP contribution < -0.4 is 5.73 Å². The molecule has 102 valence electrons. The maximum Gasteiger partial charge on any atom is 0.410 e. The van der Waals surface area contributed by atoms with Crippen LogP contribution in [0.4, 0.5) is 4.79 Å². The summed E-state index contributed by atoms with van der Waals surface area (Å²) >= 11 is 0. The van der Waals surface area contributed by atoms with E-state index < -0.39 is 0 Å². The molecule has 0 atom stereocenters. The second-order valence-electron chi connectivity index (χ2n) is 6.68. The SMILES string of the molecule is CN(CCN)C(=O)OC12CC3CC(CC(C3)C1)C2. The molecule has 0 heterocycles. The van der Waals surface area contributed by atoms with Gasteiger partial charge in [0.15, 0.2) is 0 Å². The van der Waals surface area contributed by atoms with Crippen molar-refractivity contribution in [3.63, 3.8) is 0 Å². The summed E-state index contributed by atoms with van der Waals surface area (Å²) in [6.07, 6.45) is 7.23. The fraction of sp³-hybridized carbons (Fsp3) is 0.929. The first-order chi connectivity index (χ1) is 8.60. The summed E-state index contributed by atoms with van der Waals surface area (Å²) in [6.45, 7) is 1.07. The van der Waals surface area contributed by atoms with Gasteiger partial charge in [-0.1, -0.05) is 0 Å². The molecule has 0 aromatic carbocycles. The van der Waals surface area contributed by atoms with Crippen LogP contribution in [0.5, 0.6) is 0 Å². The second-order valence-corrected chi connectivity index (χ2v) is 6.68. The molecule has 1 amide bonds. The molecule has 0 saturated heterocycles. The van der Waals surface area contributed by atoms with E-state index in [1.165, 1.54) is 19.3 Å². The van der Waals surface area contributed by atoms with Gasteiger partial charge in [0.25, 0.3) is 0 Å². The van der Waals surface area contributed by atoms with Crippen molar-refractivity contribution in [2.45, 2.75) is 44.1 Å². The van der Waals surface area contributed by atoms with Gasteiger partial charge in [-0.2, -0.15) is 0 Å². The number of likely N-dealkylation sites (N-methyl/N-ethyl adjacent to an activating group) is 1. The average Bonchev–Trinajstić information content (AvgIpc) is 2.26. The van der Waals surface area contributed by atoms with Gasteiger partial charge in [0.1, 0.15) is 5.60 Å². The van der Waals surface area contributed by atoms with E-state index in [4.69, 9.17) is 10.5 Å². The lowest BCUT2D eigenvalue weighted by atomic mass is 9.54. The van der Waals surface area contributed by atoms with Crippen LogP contribution in [0.1, 0.15) is 38.5 Å². The minimum Gasteiger partial charge on any atom is -0.443 e. The van der Waals surface area contributed by atoms with E-state index in [9.17, 15) is 4.79 Å². The Bertz CT molecular complexity index is 307. The molecule has 4 saturated carbocycles. The van der Waals surface area contributed by atoms with Crippen LogP contribution in [0.3, 0.4) is 0 Å². The minimum absolute atomic E-state index is 0.130. The Kier molecular flexibility index (Phi) is 3.00. The number of hydrogen-bond acceptors (Lipinski definition) is 3. The molecule has 0 unspecified atom stereocenters. The van der Waals surface area contributed by atoms with Crippen LogP contribution in [-0.2, 0) is 4.74 Å². The number of nitrogens with two attached hydrogens (primary N) is 1. The van der Waals surface area contributed by atoms with Gasteiger partial charge in [-0.05, 0) is 56.3 Å². The van der Waals surface area contributed by atoms with Gasteiger partial charge in [-0.25, -0.2) is 4.79 Å². The molecule has 2 N–H and O–H groups in total. The molecule has 4 aliphatic carbocycles. The molecule has 4 fully saturated rings. The highest BCUT2D eigenvalue weighted by Crippen LogP contribution is 2.57. The highest BCUT2D eigenvalue weighted by atomic mass is 16.6. The lowest BCUT2D eigenvalue weighted by Gasteiger charge is -2.55. The summed E-state index contributed by atoms with van der Waals surface area (Å²) in [5.41, 5.74) is 5.35. The van der Waals surface area contributed by atoms with Gasteiger partial charge >= 0.3 is 6.09 Å². The molecule has 18 heavy (non-hydrogen) atoms. The van der Waals surface area contributed by atoms with Crippen molar-refractivity contribution in [2.24, 2.45) is 23.5 Å². The largest absolute Gasteiger partial charge is 0.443 e. The van der Waals surface area contributed by atoms with Gasteiger partial charge < -0.3 is 15.4 Å². The van der Waals surface area contributed by atoms with Crippen LogP contribution >= 0.6 is 0 Å². The fourth-order valence-electron chi connectivity index (χ4n) is 4.70. The number of carbonyl (C=O) groups is 1. The van der Waals surface area contributed by atoms with Gasteiger partial charge in [-0.3, -0.25) is 0 Å². The number of hydrogen-bond donors (Lipinski definition) is 1. The third kappa shape index (κ3) is 2.11. The standard InChI is InChI=1S/C14H24N2O2/c1-16(3-2-15)13(17)18-14-7-10-4-11(8-14)6-12(5-10)9-14/h10-12H,2-9,15H2,1H3. The van der Waals surface area contributed by atoms with Crippen LogP contribution in [0.15, 0.2) is 0 Å². The summed E-state index contributed by atoms with van der Waals surface area (Å²) in [4.78, 5) is 13.7. The fourth-order valence-corrected chi connectivity index (χ4v) is 4.70. The highest BCUT2D eigenvalue weighted by molar-refractivity contribution is 5.67. The zero-order valence-corrected chi connectivity index (χ0v) is 11.2. The number of rotatable bonds is 3. The summed E-state index contributed by atoms with van der Waals surface area (Å²) in [7, 11) is 1.77. The molecule has 4 nitrogen and oxygen atoms in total. The van der Waals surface area contributed by atoms with E-state index in [-0.39, 0.29) is 11.7 Å². The zero-order chi connectivity index (χ0) is 12.8. The normalized spacial score (nSPS) is 40.9. The van der Waals surface area contributed by atoms with Crippen LogP contribution in [0, 0.1) is 17.8 Å². The molecule has 4 bridgehead atoms. The predicted octanol–water partition coefficient (Wildman–Crippen LogP) is 1.98. The van der Waals surface area contributed by atoms with Crippen molar-refractivity contribution >= 4 is 6.09 Å². The van der Waals surface area contributed by atoms with E-state index in [0.717, 1.165) is 37.0 Å². The molecule has 0 aromatic rings. The minimum atomic E-state index is -0.178. The number of amides is 1. The molecule has 4 heteroatoms. The Morgan fingerprint density at radius 1 is 1.22 bits per heavy atom. The third-order valence-electron chi connectivity index (χ3n) is 5.06. The Balaban J connectivity index is 1.67. The molecule has 4 rings (SSSR count). The lowest BCUT2D eigenvalue weighted by Crippen LogP contribution is -2.54. The Morgan fingerprint density at radius 2 is 1.72 bits per heavy atom. The van der Waals surface area contributed by atoms with Crippen molar-refractivity contribution in [2.75, 3.05) is 20.1 Å². The van der Waals surface area contributed by atoms with E-state index in [1.54, 1.807) is 11.9 Å². The quantitative estimate of drug-likeness (QED) is 0.835. The van der Waals surface area contributed by atoms with E-state index in [2.05, 4.69) is 0 Å². The van der Waals surface area contributed by atoms with Crippen molar-refractivity contribution in [3.8, 4) is 0 Å². The first-order valence-corrected chi connectivity index (χ1v) is 7.24. The first kappa shape index (κ1) is 12.3. The maximum absolute atomic E-state index is 12.1. The number of nitrogens with zero attached hydrogens (tertiary/aromatic N) is 1. The smallest absolute Gasteiger partial charge is 0.410 e. The van der Waals surface area contributed by atoms with Gasteiger partial charge in [-0.15, -0.1) is 0 Å². The molecule has 0 aliphatic heterocycles. The summed E-state index contributed by atoms with van der Waals surface area (Å²) in [5.74, 6) is 2.43. The van der Waals surface area contributed by atoms with E-state index in [1.807, 2.05) is 0 Å². The summed E-state index contributed by atoms with van der Waals surface area (Å²) in [6, 6.07) is 0. The first-order valence-electron chi connectivity index (χ1n) is 7.24. The molecular formula is C14H24N2O2. The Labute approximate surface area is 109 Å². The van der Waals surface area contributed by atoms with Gasteiger partial charge in [0, 0.05) is 20.1 Å². The van der Waals surface area contributed by atoms with Gasteiger partial charge in [0.05, 0.1) is 0 Å². The van der Waals surface area contributed by atoms with Crippen molar-refractivity contribution in [1.29, 1.82) is 0 Å². The van der Waals surface area contributed by atoms with Crippen LogP contribution in [-0.4, -0.2) is 36.7 Å². The molecule has 0 radical (unpaired) electrons. The van der Waals surface area contributed by atoms with Crippen molar-refractivity contribution in [1.82, 2.24) is 4.90 Å². The van der Waals surface area contributed by atoms with Crippen molar-refractivity contribution in [3.05, 3.63) is 0 Å². The maximum atomic E-state index is 12.1. The van der Waals surface area contributed by atoms with Crippen molar-refractivity contribution < 1.29 is 9.53 Å². The number of ether oxygens (including phenoxy) is 1. The highest BCUT2D eigenvalue weighted by Gasteiger charge is 2.53. The van der Waals surface area contributed by atoms with E-state index in [0.29, 0.717) is 13.1 Å². The summed E-state index contributed by atoms with van der Waals surface area (Å²) in [5, 5.41) is 0. The van der Waals surface area contributed by atoms with Crippen LogP contribution in [0.25, 0.3) is 0 Å². The molecule has 4 aliphatic rings. The average molecular weight is 252 g/mol. The molecule has 0 spiro atoms. The van der Waals surface area contributed by atoms with E-state index >= 15 is 0 Å². The third-order valence-corrected chi connectivity index (χ3v) is 5.06. The molecule has 0 aromatic heterocycles.